The van der Waals surface area contributed by atoms with Gasteiger partial charge in [-0.25, -0.2) is 0 Å². The average molecular weight is 199 g/mol. The molecule has 0 aliphatic carbocycles. The molecule has 0 atom stereocenters. The molecule has 0 amide bonds. The van der Waals surface area contributed by atoms with Crippen LogP contribution < -0.4 is 5.73 Å². The first kappa shape index (κ1) is 9.68. The van der Waals surface area contributed by atoms with Crippen LogP contribution in [0, 0.1) is 0 Å². The van der Waals surface area contributed by atoms with Gasteiger partial charge in [-0.05, 0) is 24.1 Å². The molecular formula is C9H13NS2. The van der Waals surface area contributed by atoms with Gasteiger partial charge < -0.3 is 5.73 Å². The normalized spacial score (nSPS) is 12.0. The summed E-state index contributed by atoms with van der Waals surface area (Å²) in [6.07, 6.45) is 5.36. The number of nitrogen functional groups attached to an aromatic ring is 1. The van der Waals surface area contributed by atoms with Gasteiger partial charge in [0.2, 0.25) is 0 Å². The number of thioether (sulfide) groups is 1. The van der Waals surface area contributed by atoms with Gasteiger partial charge in [0, 0.05) is 4.91 Å². The zero-order valence-electron chi connectivity index (χ0n) is 7.33. The van der Waals surface area contributed by atoms with E-state index in [1.807, 2.05) is 11.4 Å². The third kappa shape index (κ3) is 2.05. The van der Waals surface area contributed by atoms with Crippen LogP contribution in [0.1, 0.15) is 18.2 Å². The van der Waals surface area contributed by atoms with Crippen molar-refractivity contribution in [3.05, 3.63) is 22.4 Å². The van der Waals surface area contributed by atoms with E-state index in [0.717, 1.165) is 12.1 Å². The van der Waals surface area contributed by atoms with Crippen LogP contribution in [-0.4, -0.2) is 6.26 Å². The van der Waals surface area contributed by atoms with Gasteiger partial charge in [-0.1, -0.05) is 13.0 Å². The van der Waals surface area contributed by atoms with E-state index in [4.69, 9.17) is 5.73 Å². The Morgan fingerprint density at radius 1 is 1.75 bits per heavy atom. The molecule has 0 unspecified atom stereocenters. The molecule has 1 rings (SSSR count). The minimum Gasteiger partial charge on any atom is -0.398 e. The minimum atomic E-state index is 0.897. The first-order valence-corrected chi connectivity index (χ1v) is 5.97. The Hall–Kier alpha value is -0.410. The Morgan fingerprint density at radius 3 is 2.92 bits per heavy atom. The molecule has 0 fully saturated rings. The van der Waals surface area contributed by atoms with Crippen molar-refractivity contribution in [3.8, 4) is 0 Å². The van der Waals surface area contributed by atoms with Gasteiger partial charge in [0.1, 0.15) is 0 Å². The fraction of sp³-hybridized carbons (Fsp3) is 0.333. The highest BCUT2D eigenvalue weighted by molar-refractivity contribution is 8.07. The van der Waals surface area contributed by atoms with Gasteiger partial charge >= 0.3 is 0 Å². The zero-order valence-corrected chi connectivity index (χ0v) is 8.97. The molecule has 0 aliphatic heterocycles. The van der Waals surface area contributed by atoms with Gasteiger partial charge in [0.15, 0.2) is 0 Å². The monoisotopic (exact) mass is 199 g/mol. The Labute approximate surface area is 81.7 Å². The van der Waals surface area contributed by atoms with E-state index in [2.05, 4.69) is 19.3 Å². The molecule has 3 heteroatoms. The summed E-state index contributed by atoms with van der Waals surface area (Å²) in [5, 5.41) is 2.03. The average Bonchev–Trinajstić information content (AvgIpc) is 2.47. The highest BCUT2D eigenvalue weighted by atomic mass is 32.2. The van der Waals surface area contributed by atoms with Crippen LogP contribution in [0.2, 0.25) is 0 Å². The van der Waals surface area contributed by atoms with Crippen LogP contribution in [0.5, 0.6) is 0 Å². The van der Waals surface area contributed by atoms with Crippen molar-refractivity contribution < 1.29 is 0 Å². The van der Waals surface area contributed by atoms with Crippen LogP contribution in [0.15, 0.2) is 17.5 Å². The van der Waals surface area contributed by atoms with Crippen LogP contribution in [0.3, 0.4) is 0 Å². The quantitative estimate of drug-likeness (QED) is 0.807. The topological polar surface area (TPSA) is 26.0 Å². The molecule has 2 N–H and O–H groups in total. The molecule has 1 aromatic rings. The number of nitrogens with two attached hydrogens (primary N) is 1. The third-order valence-corrected chi connectivity index (χ3v) is 3.43. The predicted octanol–water partition coefficient (Wildman–Crippen LogP) is 3.44. The third-order valence-electron chi connectivity index (χ3n) is 1.53. The van der Waals surface area contributed by atoms with Crippen molar-refractivity contribution in [2.75, 3.05) is 12.0 Å². The summed E-state index contributed by atoms with van der Waals surface area (Å²) in [5.74, 6) is 0. The maximum Gasteiger partial charge on any atom is 0.0632 e. The van der Waals surface area contributed by atoms with E-state index in [1.54, 1.807) is 23.1 Å². The zero-order chi connectivity index (χ0) is 8.97. The first-order chi connectivity index (χ1) is 5.79. The summed E-state index contributed by atoms with van der Waals surface area (Å²) in [7, 11) is 0. The Bertz CT molecular complexity index is 276. The minimum absolute atomic E-state index is 0.897. The second-order valence-corrected chi connectivity index (χ2v) is 4.15. The van der Waals surface area contributed by atoms with Gasteiger partial charge in [-0.3, -0.25) is 0 Å². The van der Waals surface area contributed by atoms with E-state index in [0.29, 0.717) is 0 Å². The summed E-state index contributed by atoms with van der Waals surface area (Å²) in [5.41, 5.74) is 6.70. The predicted molar refractivity (Wildman–Crippen MR) is 60.5 cm³/mol. The molecule has 66 valence electrons. The number of hydrogen-bond donors (Lipinski definition) is 1. The molecule has 12 heavy (non-hydrogen) atoms. The van der Waals surface area contributed by atoms with E-state index in [9.17, 15) is 0 Å². The van der Waals surface area contributed by atoms with E-state index in [-0.39, 0.29) is 0 Å². The maximum absolute atomic E-state index is 5.80. The molecule has 0 radical (unpaired) electrons. The van der Waals surface area contributed by atoms with E-state index < -0.39 is 0 Å². The van der Waals surface area contributed by atoms with Gasteiger partial charge in [0.05, 0.1) is 10.6 Å². The fourth-order valence-electron chi connectivity index (χ4n) is 0.974. The highest BCUT2D eigenvalue weighted by Crippen LogP contribution is 2.34. The fourth-order valence-corrected chi connectivity index (χ4v) is 2.76. The van der Waals surface area contributed by atoms with Crippen LogP contribution in [0.25, 0.3) is 4.91 Å². The summed E-state index contributed by atoms with van der Waals surface area (Å²) in [6.45, 7) is 2.14. The van der Waals surface area contributed by atoms with E-state index >= 15 is 0 Å². The van der Waals surface area contributed by atoms with Gasteiger partial charge in [-0.2, -0.15) is 0 Å². The SMILES string of the molecule is CC/C=C(\SC)c1sccc1N. The number of hydrogen-bond acceptors (Lipinski definition) is 3. The molecule has 0 aliphatic rings. The molecule has 1 aromatic heterocycles. The number of rotatable bonds is 3. The number of anilines is 1. The largest absolute Gasteiger partial charge is 0.398 e. The lowest BCUT2D eigenvalue weighted by Crippen LogP contribution is -1.85. The summed E-state index contributed by atoms with van der Waals surface area (Å²) < 4.78 is 0. The maximum atomic E-state index is 5.80. The lowest BCUT2D eigenvalue weighted by molar-refractivity contribution is 1.23. The lowest BCUT2D eigenvalue weighted by atomic mass is 10.3. The van der Waals surface area contributed by atoms with Crippen LogP contribution >= 0.6 is 23.1 Å². The molecule has 1 nitrogen and oxygen atoms in total. The summed E-state index contributed by atoms with van der Waals surface area (Å²) in [6, 6.07) is 1.96. The van der Waals surface area contributed by atoms with Crippen LogP contribution in [-0.2, 0) is 0 Å². The standard InChI is InChI=1S/C9H13NS2/c1-3-4-8(11-2)9-7(10)5-6-12-9/h4-6H,3,10H2,1-2H3/b8-4-. The molecular weight excluding hydrogens is 186 g/mol. The van der Waals surface area contributed by atoms with Gasteiger partial charge in [-0.15, -0.1) is 23.1 Å². The smallest absolute Gasteiger partial charge is 0.0632 e. The molecule has 1 heterocycles. The Kier molecular flexibility index (Phi) is 3.69. The lowest BCUT2D eigenvalue weighted by Gasteiger charge is -2.01. The van der Waals surface area contributed by atoms with Gasteiger partial charge in [0.25, 0.3) is 0 Å². The molecule has 0 bridgehead atoms. The molecule has 0 aromatic carbocycles. The van der Waals surface area contributed by atoms with Crippen molar-refractivity contribution in [1.82, 2.24) is 0 Å². The van der Waals surface area contributed by atoms with E-state index in [1.165, 1.54) is 9.78 Å². The van der Waals surface area contributed by atoms with Crippen molar-refractivity contribution in [3.63, 3.8) is 0 Å². The molecule has 0 spiro atoms. The number of thiophene rings is 1. The molecule has 0 saturated heterocycles. The second-order valence-electron chi connectivity index (χ2n) is 2.39. The highest BCUT2D eigenvalue weighted by Gasteiger charge is 2.04. The van der Waals surface area contributed by atoms with Crippen molar-refractivity contribution in [2.45, 2.75) is 13.3 Å². The first-order valence-electron chi connectivity index (χ1n) is 3.87. The number of allylic oxidation sites excluding steroid dienone is 1. The van der Waals surface area contributed by atoms with Crippen molar-refractivity contribution in [2.24, 2.45) is 0 Å². The van der Waals surface area contributed by atoms with Crippen molar-refractivity contribution >= 4 is 33.7 Å². The Balaban J connectivity index is 2.95. The van der Waals surface area contributed by atoms with Crippen LogP contribution in [0.4, 0.5) is 5.69 Å². The van der Waals surface area contributed by atoms with Crippen molar-refractivity contribution in [1.29, 1.82) is 0 Å². The second kappa shape index (κ2) is 4.58. The Morgan fingerprint density at radius 2 is 2.50 bits per heavy atom. The summed E-state index contributed by atoms with van der Waals surface area (Å²) in [4.78, 5) is 2.51. The summed E-state index contributed by atoms with van der Waals surface area (Å²) >= 11 is 3.47. The molecule has 0 saturated carbocycles.